The highest BCUT2D eigenvalue weighted by atomic mass is 15.2. The molecule has 0 spiro atoms. The molecule has 1 aliphatic rings. The van der Waals surface area contributed by atoms with E-state index < -0.39 is 0 Å². The lowest BCUT2D eigenvalue weighted by Crippen LogP contribution is -2.25. The van der Waals surface area contributed by atoms with Crippen LogP contribution < -0.4 is 5.32 Å². The molecular weight excluding hydrogens is 248 g/mol. The third-order valence-corrected chi connectivity index (χ3v) is 4.23. The van der Waals surface area contributed by atoms with E-state index in [1.807, 2.05) is 0 Å². The molecule has 0 saturated heterocycles. The molecule has 0 bridgehead atoms. The van der Waals surface area contributed by atoms with Crippen molar-refractivity contribution in [2.75, 3.05) is 6.54 Å². The summed E-state index contributed by atoms with van der Waals surface area (Å²) >= 11 is 0. The van der Waals surface area contributed by atoms with Crippen molar-refractivity contribution in [1.82, 2.24) is 20.5 Å². The molecule has 0 aliphatic heterocycles. The lowest BCUT2D eigenvalue weighted by molar-refractivity contribution is 0.413. The summed E-state index contributed by atoms with van der Waals surface area (Å²) < 4.78 is 0. The number of fused-ring (bicyclic) bond motifs is 1. The van der Waals surface area contributed by atoms with Crippen LogP contribution in [-0.2, 0) is 6.42 Å². The number of aromatic nitrogens is 3. The number of aromatic amines is 1. The summed E-state index contributed by atoms with van der Waals surface area (Å²) in [5, 5.41) is 10.5. The molecule has 106 valence electrons. The zero-order valence-electron chi connectivity index (χ0n) is 12.0. The van der Waals surface area contributed by atoms with Gasteiger partial charge in [-0.1, -0.05) is 31.2 Å². The van der Waals surface area contributed by atoms with Gasteiger partial charge in [-0.25, -0.2) is 4.98 Å². The fourth-order valence-electron chi connectivity index (χ4n) is 3.30. The first-order valence-electron chi connectivity index (χ1n) is 7.55. The Morgan fingerprint density at radius 1 is 1.40 bits per heavy atom. The summed E-state index contributed by atoms with van der Waals surface area (Å²) in [7, 11) is 0. The second kappa shape index (κ2) is 6.18. The molecule has 2 atom stereocenters. The molecule has 0 amide bonds. The van der Waals surface area contributed by atoms with E-state index in [0.717, 1.165) is 18.8 Å². The Hall–Kier alpha value is -1.68. The minimum Gasteiger partial charge on any atom is -0.308 e. The van der Waals surface area contributed by atoms with E-state index in [0.29, 0.717) is 5.92 Å². The van der Waals surface area contributed by atoms with Gasteiger partial charge in [0.05, 0.1) is 6.04 Å². The molecule has 0 fully saturated rings. The maximum atomic E-state index is 4.33. The highest BCUT2D eigenvalue weighted by Crippen LogP contribution is 2.37. The Kier molecular flexibility index (Phi) is 4.11. The van der Waals surface area contributed by atoms with Crippen LogP contribution in [0, 0.1) is 0 Å². The Morgan fingerprint density at radius 2 is 2.30 bits per heavy atom. The van der Waals surface area contributed by atoms with E-state index in [1.54, 1.807) is 6.33 Å². The Balaban J connectivity index is 1.79. The molecule has 0 saturated carbocycles. The SMILES string of the molecule is CCNC(CC1CCCc2ccccc21)c1ncn[nH]1. The van der Waals surface area contributed by atoms with Gasteiger partial charge in [-0.15, -0.1) is 0 Å². The van der Waals surface area contributed by atoms with Crippen LogP contribution in [0.15, 0.2) is 30.6 Å². The Bertz CT molecular complexity index is 535. The summed E-state index contributed by atoms with van der Waals surface area (Å²) in [6, 6.07) is 9.15. The van der Waals surface area contributed by atoms with Crippen LogP contribution in [0.1, 0.15) is 55.1 Å². The maximum Gasteiger partial charge on any atom is 0.141 e. The average molecular weight is 270 g/mol. The van der Waals surface area contributed by atoms with Crippen LogP contribution in [0.25, 0.3) is 0 Å². The van der Waals surface area contributed by atoms with Crippen LogP contribution in [0.2, 0.25) is 0 Å². The molecule has 20 heavy (non-hydrogen) atoms. The first-order valence-corrected chi connectivity index (χ1v) is 7.55. The number of hydrogen-bond acceptors (Lipinski definition) is 3. The summed E-state index contributed by atoms with van der Waals surface area (Å²) in [5.41, 5.74) is 3.05. The fraction of sp³-hybridized carbons (Fsp3) is 0.500. The van der Waals surface area contributed by atoms with Gasteiger partial charge in [-0.3, -0.25) is 5.10 Å². The molecular formula is C16H22N4. The van der Waals surface area contributed by atoms with Gasteiger partial charge in [0, 0.05) is 0 Å². The molecule has 4 nitrogen and oxygen atoms in total. The molecule has 1 aliphatic carbocycles. The summed E-state index contributed by atoms with van der Waals surface area (Å²) in [6.07, 6.45) is 6.46. The number of aryl methyl sites for hydroxylation is 1. The largest absolute Gasteiger partial charge is 0.308 e. The third kappa shape index (κ3) is 2.75. The van der Waals surface area contributed by atoms with Gasteiger partial charge in [0.25, 0.3) is 0 Å². The fourth-order valence-corrected chi connectivity index (χ4v) is 3.30. The molecule has 1 aromatic heterocycles. The first kappa shape index (κ1) is 13.3. The highest BCUT2D eigenvalue weighted by Gasteiger charge is 2.24. The van der Waals surface area contributed by atoms with Gasteiger partial charge in [0.2, 0.25) is 0 Å². The van der Waals surface area contributed by atoms with Gasteiger partial charge in [0.1, 0.15) is 12.2 Å². The van der Waals surface area contributed by atoms with Crippen molar-refractivity contribution in [3.8, 4) is 0 Å². The van der Waals surface area contributed by atoms with E-state index in [2.05, 4.69) is 51.7 Å². The molecule has 1 heterocycles. The molecule has 1 aromatic carbocycles. The van der Waals surface area contributed by atoms with Crippen molar-refractivity contribution in [2.24, 2.45) is 0 Å². The van der Waals surface area contributed by atoms with Crippen molar-refractivity contribution < 1.29 is 0 Å². The maximum absolute atomic E-state index is 4.33. The molecule has 4 heteroatoms. The predicted molar refractivity (Wildman–Crippen MR) is 79.5 cm³/mol. The minimum atomic E-state index is 0.263. The van der Waals surface area contributed by atoms with Crippen LogP contribution in [0.4, 0.5) is 0 Å². The first-order chi connectivity index (χ1) is 9.88. The van der Waals surface area contributed by atoms with Gasteiger partial charge in [-0.05, 0) is 49.3 Å². The lowest BCUT2D eigenvalue weighted by atomic mass is 9.79. The van der Waals surface area contributed by atoms with Crippen molar-refractivity contribution in [1.29, 1.82) is 0 Å². The van der Waals surface area contributed by atoms with Gasteiger partial charge in [-0.2, -0.15) is 5.10 Å². The van der Waals surface area contributed by atoms with Crippen molar-refractivity contribution in [2.45, 2.75) is 44.6 Å². The molecule has 2 unspecified atom stereocenters. The second-order valence-electron chi connectivity index (χ2n) is 5.50. The molecule has 2 aromatic rings. The van der Waals surface area contributed by atoms with Crippen LogP contribution in [-0.4, -0.2) is 21.7 Å². The Labute approximate surface area is 120 Å². The smallest absolute Gasteiger partial charge is 0.141 e. The topological polar surface area (TPSA) is 53.6 Å². The van der Waals surface area contributed by atoms with E-state index in [4.69, 9.17) is 0 Å². The zero-order valence-corrected chi connectivity index (χ0v) is 12.0. The number of H-pyrrole nitrogens is 1. The number of nitrogens with one attached hydrogen (secondary N) is 2. The number of nitrogens with zero attached hydrogens (tertiary/aromatic N) is 2. The minimum absolute atomic E-state index is 0.263. The van der Waals surface area contributed by atoms with Crippen molar-refractivity contribution >= 4 is 0 Å². The molecule has 0 radical (unpaired) electrons. The zero-order chi connectivity index (χ0) is 13.8. The van der Waals surface area contributed by atoms with Crippen molar-refractivity contribution in [3.05, 3.63) is 47.5 Å². The third-order valence-electron chi connectivity index (χ3n) is 4.23. The molecule has 2 N–H and O–H groups in total. The summed E-state index contributed by atoms with van der Waals surface area (Å²) in [4.78, 5) is 4.33. The Morgan fingerprint density at radius 3 is 3.10 bits per heavy atom. The predicted octanol–water partition coefficient (Wildman–Crippen LogP) is 2.97. The second-order valence-corrected chi connectivity index (χ2v) is 5.50. The van der Waals surface area contributed by atoms with E-state index in [9.17, 15) is 0 Å². The normalized spacial score (nSPS) is 19.6. The van der Waals surface area contributed by atoms with Crippen LogP contribution >= 0.6 is 0 Å². The number of rotatable bonds is 5. The molecule has 3 rings (SSSR count). The monoisotopic (exact) mass is 270 g/mol. The lowest BCUT2D eigenvalue weighted by Gasteiger charge is -2.28. The van der Waals surface area contributed by atoms with Crippen molar-refractivity contribution in [3.63, 3.8) is 0 Å². The van der Waals surface area contributed by atoms with E-state index >= 15 is 0 Å². The quantitative estimate of drug-likeness (QED) is 0.878. The summed E-state index contributed by atoms with van der Waals surface area (Å²) in [5.74, 6) is 1.57. The van der Waals surface area contributed by atoms with Gasteiger partial charge < -0.3 is 5.32 Å². The summed E-state index contributed by atoms with van der Waals surface area (Å²) in [6.45, 7) is 3.08. The van der Waals surface area contributed by atoms with Gasteiger partial charge in [0.15, 0.2) is 0 Å². The van der Waals surface area contributed by atoms with E-state index in [-0.39, 0.29) is 6.04 Å². The van der Waals surface area contributed by atoms with Gasteiger partial charge >= 0.3 is 0 Å². The number of benzene rings is 1. The van der Waals surface area contributed by atoms with E-state index in [1.165, 1.54) is 30.4 Å². The number of hydrogen-bond donors (Lipinski definition) is 2. The standard InChI is InChI=1S/C16H22N4/c1-2-17-15(16-18-11-19-20-16)10-13-8-5-7-12-6-3-4-9-14(12)13/h3-4,6,9,11,13,15,17H,2,5,7-8,10H2,1H3,(H,18,19,20). The van der Waals surface area contributed by atoms with Crippen LogP contribution in [0.5, 0.6) is 0 Å². The highest BCUT2D eigenvalue weighted by molar-refractivity contribution is 5.32. The average Bonchev–Trinajstić information content (AvgIpc) is 3.01. The van der Waals surface area contributed by atoms with Crippen LogP contribution in [0.3, 0.4) is 0 Å².